The maximum absolute atomic E-state index is 12.7. The summed E-state index contributed by atoms with van der Waals surface area (Å²) in [7, 11) is 0. The number of benzene rings is 1. The quantitative estimate of drug-likeness (QED) is 0.774. The van der Waals surface area contributed by atoms with Crippen molar-refractivity contribution in [2.24, 2.45) is 0 Å². The zero-order chi connectivity index (χ0) is 18.8. The minimum Gasteiger partial charge on any atom is -0.339 e. The van der Waals surface area contributed by atoms with E-state index in [0.29, 0.717) is 24.7 Å². The number of H-pyrrole nitrogens is 1. The molecule has 3 heterocycles. The van der Waals surface area contributed by atoms with E-state index in [-0.39, 0.29) is 17.5 Å². The van der Waals surface area contributed by atoms with Crippen LogP contribution in [0.15, 0.2) is 53.5 Å². The number of carbonyl (C=O) groups excluding carboxylic acids is 1. The van der Waals surface area contributed by atoms with Crippen LogP contribution in [0.3, 0.4) is 0 Å². The molecule has 0 atom stereocenters. The van der Waals surface area contributed by atoms with Crippen molar-refractivity contribution < 1.29 is 4.79 Å². The van der Waals surface area contributed by atoms with Gasteiger partial charge in [-0.2, -0.15) is 4.68 Å². The molecule has 1 aromatic carbocycles. The summed E-state index contributed by atoms with van der Waals surface area (Å²) in [6.45, 7) is 3.25. The van der Waals surface area contributed by atoms with Gasteiger partial charge in [0, 0.05) is 30.8 Å². The van der Waals surface area contributed by atoms with Crippen LogP contribution >= 0.6 is 0 Å². The summed E-state index contributed by atoms with van der Waals surface area (Å²) in [4.78, 5) is 33.9. The third kappa shape index (κ3) is 3.40. The van der Waals surface area contributed by atoms with Gasteiger partial charge in [-0.25, -0.2) is 9.78 Å². The molecular weight excluding hydrogens is 342 g/mol. The first-order valence-corrected chi connectivity index (χ1v) is 9.09. The molecule has 0 radical (unpaired) electrons. The predicted molar refractivity (Wildman–Crippen MR) is 101 cm³/mol. The highest BCUT2D eigenvalue weighted by atomic mass is 16.2. The zero-order valence-corrected chi connectivity index (χ0v) is 15.1. The zero-order valence-electron chi connectivity index (χ0n) is 15.1. The maximum Gasteiger partial charge on any atom is 0.349 e. The van der Waals surface area contributed by atoms with E-state index >= 15 is 0 Å². The minimum atomic E-state index is -0.290. The molecule has 1 aliphatic rings. The summed E-state index contributed by atoms with van der Waals surface area (Å²) in [5, 5.41) is 4.43. The molecule has 0 saturated carbocycles. The number of nitrogens with zero attached hydrogens (tertiary/aromatic N) is 4. The van der Waals surface area contributed by atoms with Gasteiger partial charge in [0.2, 0.25) is 0 Å². The topological polar surface area (TPSA) is 83.9 Å². The number of nitrogens with one attached hydrogen (secondary N) is 1. The molecule has 27 heavy (non-hydrogen) atoms. The maximum atomic E-state index is 12.7. The molecular formula is C20H21N5O2. The molecule has 1 saturated heterocycles. The Morgan fingerprint density at radius 3 is 2.56 bits per heavy atom. The molecule has 0 spiro atoms. The van der Waals surface area contributed by atoms with Crippen LogP contribution in [0.2, 0.25) is 0 Å². The highest BCUT2D eigenvalue weighted by Gasteiger charge is 2.27. The molecule has 3 aromatic rings. The van der Waals surface area contributed by atoms with Crippen LogP contribution in [0.5, 0.6) is 0 Å². The summed E-state index contributed by atoms with van der Waals surface area (Å²) in [6, 6.07) is 13.0. The van der Waals surface area contributed by atoms with Crippen molar-refractivity contribution in [3.05, 3.63) is 76.1 Å². The van der Waals surface area contributed by atoms with Crippen LogP contribution in [-0.2, 0) is 0 Å². The Balaban J connectivity index is 1.46. The number of aromatic amines is 1. The van der Waals surface area contributed by atoms with E-state index in [2.05, 4.69) is 15.1 Å². The fraction of sp³-hybridized carbons (Fsp3) is 0.300. The Morgan fingerprint density at radius 2 is 1.85 bits per heavy atom. The fourth-order valence-corrected chi connectivity index (χ4v) is 3.50. The third-order valence-corrected chi connectivity index (χ3v) is 5.05. The van der Waals surface area contributed by atoms with E-state index in [0.717, 1.165) is 24.0 Å². The molecule has 7 nitrogen and oxygen atoms in total. The van der Waals surface area contributed by atoms with Crippen molar-refractivity contribution in [1.82, 2.24) is 24.6 Å². The lowest BCUT2D eigenvalue weighted by atomic mass is 9.95. The Morgan fingerprint density at radius 1 is 1.11 bits per heavy atom. The van der Waals surface area contributed by atoms with Gasteiger partial charge in [0.15, 0.2) is 5.82 Å². The van der Waals surface area contributed by atoms with E-state index in [4.69, 9.17) is 0 Å². The van der Waals surface area contributed by atoms with Crippen LogP contribution in [0.4, 0.5) is 0 Å². The Bertz CT molecular complexity index is 1000. The van der Waals surface area contributed by atoms with E-state index in [1.165, 1.54) is 4.68 Å². The normalized spacial score (nSPS) is 15.1. The minimum absolute atomic E-state index is 0.0686. The number of pyridine rings is 1. The second-order valence-corrected chi connectivity index (χ2v) is 6.80. The van der Waals surface area contributed by atoms with Crippen molar-refractivity contribution >= 4 is 5.91 Å². The Labute approximate surface area is 156 Å². The monoisotopic (exact) mass is 363 g/mol. The van der Waals surface area contributed by atoms with Crippen molar-refractivity contribution in [1.29, 1.82) is 0 Å². The summed E-state index contributed by atoms with van der Waals surface area (Å²) in [5.74, 6) is 1.36. The van der Waals surface area contributed by atoms with Gasteiger partial charge in [-0.15, -0.1) is 5.10 Å². The predicted octanol–water partition coefficient (Wildman–Crippen LogP) is 2.28. The van der Waals surface area contributed by atoms with Gasteiger partial charge in [0.1, 0.15) is 5.82 Å². The summed E-state index contributed by atoms with van der Waals surface area (Å²) >= 11 is 0. The van der Waals surface area contributed by atoms with Gasteiger partial charge in [-0.05, 0) is 43.5 Å². The molecule has 1 amide bonds. The Hall–Kier alpha value is -3.22. The van der Waals surface area contributed by atoms with Crippen molar-refractivity contribution in [2.75, 3.05) is 13.1 Å². The summed E-state index contributed by atoms with van der Waals surface area (Å²) < 4.78 is 1.29. The first kappa shape index (κ1) is 17.2. The fourth-order valence-electron chi connectivity index (χ4n) is 3.50. The molecule has 1 aliphatic heterocycles. The lowest BCUT2D eigenvalue weighted by Crippen LogP contribution is -2.38. The molecule has 0 aliphatic carbocycles. The number of hydrogen-bond donors (Lipinski definition) is 1. The van der Waals surface area contributed by atoms with Gasteiger partial charge in [0.05, 0.1) is 0 Å². The molecule has 1 fully saturated rings. The largest absolute Gasteiger partial charge is 0.349 e. The first-order valence-electron chi connectivity index (χ1n) is 9.09. The highest BCUT2D eigenvalue weighted by Crippen LogP contribution is 2.26. The lowest BCUT2D eigenvalue weighted by molar-refractivity contribution is 0.0710. The first-order chi connectivity index (χ1) is 13.1. The van der Waals surface area contributed by atoms with Gasteiger partial charge in [0.25, 0.3) is 5.91 Å². The van der Waals surface area contributed by atoms with Gasteiger partial charge in [-0.1, -0.05) is 24.3 Å². The van der Waals surface area contributed by atoms with Gasteiger partial charge in [-0.3, -0.25) is 9.78 Å². The SMILES string of the molecule is Cc1ccccc1C(=O)N1CCC(c2nn(-c3ccccn3)c(=O)[nH]2)CC1. The number of piperidine rings is 1. The van der Waals surface area contributed by atoms with Crippen molar-refractivity contribution in [3.8, 4) is 5.82 Å². The third-order valence-electron chi connectivity index (χ3n) is 5.05. The number of aromatic nitrogens is 4. The van der Waals surface area contributed by atoms with Gasteiger partial charge < -0.3 is 4.90 Å². The van der Waals surface area contributed by atoms with Crippen molar-refractivity contribution in [3.63, 3.8) is 0 Å². The number of likely N-dealkylation sites (tertiary alicyclic amines) is 1. The number of hydrogen-bond acceptors (Lipinski definition) is 4. The molecule has 2 aromatic heterocycles. The average Bonchev–Trinajstić information content (AvgIpc) is 3.10. The number of aryl methyl sites for hydroxylation is 1. The highest BCUT2D eigenvalue weighted by molar-refractivity contribution is 5.95. The average molecular weight is 363 g/mol. The van der Waals surface area contributed by atoms with E-state index in [1.54, 1.807) is 18.3 Å². The van der Waals surface area contributed by atoms with Crippen molar-refractivity contribution in [2.45, 2.75) is 25.7 Å². The second-order valence-electron chi connectivity index (χ2n) is 6.80. The summed E-state index contributed by atoms with van der Waals surface area (Å²) in [5.41, 5.74) is 1.45. The van der Waals surface area contributed by atoms with Crippen LogP contribution in [0.1, 0.15) is 40.5 Å². The molecule has 1 N–H and O–H groups in total. The van der Waals surface area contributed by atoms with E-state index in [9.17, 15) is 9.59 Å². The van der Waals surface area contributed by atoms with Crippen LogP contribution in [0.25, 0.3) is 5.82 Å². The second kappa shape index (κ2) is 7.19. The summed E-state index contributed by atoms with van der Waals surface area (Å²) in [6.07, 6.45) is 3.17. The molecule has 7 heteroatoms. The van der Waals surface area contributed by atoms with E-state index < -0.39 is 0 Å². The smallest absolute Gasteiger partial charge is 0.339 e. The molecule has 0 bridgehead atoms. The number of carbonyl (C=O) groups is 1. The van der Waals surface area contributed by atoms with Gasteiger partial charge >= 0.3 is 5.69 Å². The van der Waals surface area contributed by atoms with Crippen LogP contribution in [0, 0.1) is 6.92 Å². The molecule has 0 unspecified atom stereocenters. The molecule has 4 rings (SSSR count). The van der Waals surface area contributed by atoms with Crippen LogP contribution in [-0.4, -0.2) is 43.6 Å². The number of rotatable bonds is 3. The Kier molecular flexibility index (Phi) is 4.58. The lowest BCUT2D eigenvalue weighted by Gasteiger charge is -2.31. The molecule has 138 valence electrons. The standard InChI is InChI=1S/C20H21N5O2/c1-14-6-2-3-7-16(14)19(26)24-12-9-15(10-13-24)18-22-20(27)25(23-18)17-8-4-5-11-21-17/h2-8,11,15H,9-10,12-13H2,1H3,(H,22,23,27). The van der Waals surface area contributed by atoms with E-state index in [1.807, 2.05) is 42.2 Å². The number of amides is 1. The van der Waals surface area contributed by atoms with Crippen LogP contribution < -0.4 is 5.69 Å².